The molecule has 1 rings (SSSR count). The van der Waals surface area contributed by atoms with Gasteiger partial charge in [-0.25, -0.2) is 4.79 Å². The van der Waals surface area contributed by atoms with Gasteiger partial charge >= 0.3 is 6.09 Å². The van der Waals surface area contributed by atoms with Crippen molar-refractivity contribution in [1.82, 2.24) is 15.5 Å². The number of hydrogen-bond donors (Lipinski definition) is 2. The highest BCUT2D eigenvalue weighted by Gasteiger charge is 2.34. The smallest absolute Gasteiger partial charge is 0.411 e. The Labute approximate surface area is 102 Å². The Morgan fingerprint density at radius 2 is 2.06 bits per heavy atom. The average Bonchev–Trinajstić information content (AvgIpc) is 2.25. The normalized spacial score (nSPS) is 20.9. The first-order valence-electron chi connectivity index (χ1n) is 5.77. The molecule has 17 heavy (non-hydrogen) atoms. The molecule has 1 heterocycles. The lowest BCUT2D eigenvalue weighted by atomic mass is 10.2. The van der Waals surface area contributed by atoms with E-state index in [0.717, 1.165) is 0 Å². The van der Waals surface area contributed by atoms with Crippen molar-refractivity contribution in [3.05, 3.63) is 0 Å². The van der Waals surface area contributed by atoms with Crippen LogP contribution in [0, 0.1) is 0 Å². The van der Waals surface area contributed by atoms with Crippen LogP contribution >= 0.6 is 0 Å². The minimum absolute atomic E-state index is 0.178. The molecule has 1 fully saturated rings. The average molecular weight is 243 g/mol. The zero-order valence-electron chi connectivity index (χ0n) is 10.9. The van der Waals surface area contributed by atoms with E-state index in [4.69, 9.17) is 4.74 Å². The third kappa shape index (κ3) is 3.89. The summed E-state index contributed by atoms with van der Waals surface area (Å²) in [5, 5.41) is 5.64. The predicted molar refractivity (Wildman–Crippen MR) is 63.7 cm³/mol. The largest absolute Gasteiger partial charge is 0.444 e. The molecule has 2 amide bonds. The van der Waals surface area contributed by atoms with Crippen LogP contribution in [0.4, 0.5) is 4.79 Å². The Bertz CT molecular complexity index is 299. The molecule has 0 aromatic heterocycles. The zero-order valence-corrected chi connectivity index (χ0v) is 10.9. The molecule has 0 aromatic rings. The van der Waals surface area contributed by atoms with Crippen molar-refractivity contribution in [2.75, 3.05) is 26.7 Å². The second kappa shape index (κ2) is 5.35. The highest BCUT2D eigenvalue weighted by atomic mass is 16.6. The fourth-order valence-electron chi connectivity index (χ4n) is 1.64. The highest BCUT2D eigenvalue weighted by molar-refractivity contribution is 5.86. The van der Waals surface area contributed by atoms with Crippen LogP contribution < -0.4 is 10.6 Å². The molecule has 0 radical (unpaired) electrons. The van der Waals surface area contributed by atoms with Crippen LogP contribution in [0.3, 0.4) is 0 Å². The molecule has 0 spiro atoms. The van der Waals surface area contributed by atoms with Gasteiger partial charge in [0.25, 0.3) is 0 Å². The van der Waals surface area contributed by atoms with Gasteiger partial charge in [0.15, 0.2) is 0 Å². The van der Waals surface area contributed by atoms with Crippen molar-refractivity contribution < 1.29 is 14.3 Å². The summed E-state index contributed by atoms with van der Waals surface area (Å²) in [5.74, 6) is -0.178. The van der Waals surface area contributed by atoms with Gasteiger partial charge in [-0.2, -0.15) is 0 Å². The second-order valence-corrected chi connectivity index (χ2v) is 5.01. The zero-order chi connectivity index (χ0) is 13.1. The summed E-state index contributed by atoms with van der Waals surface area (Å²) in [6.07, 6.45) is -0.437. The number of rotatable bonds is 1. The van der Waals surface area contributed by atoms with Crippen molar-refractivity contribution in [3.8, 4) is 0 Å². The Kier molecular flexibility index (Phi) is 4.34. The van der Waals surface area contributed by atoms with E-state index in [1.54, 1.807) is 7.05 Å². The minimum Gasteiger partial charge on any atom is -0.444 e. The third-order valence-electron chi connectivity index (χ3n) is 2.42. The highest BCUT2D eigenvalue weighted by Crippen LogP contribution is 2.13. The summed E-state index contributed by atoms with van der Waals surface area (Å²) in [6, 6.07) is -0.497. The van der Waals surface area contributed by atoms with Gasteiger partial charge in [0.1, 0.15) is 11.6 Å². The van der Waals surface area contributed by atoms with Crippen LogP contribution in [0.15, 0.2) is 0 Å². The van der Waals surface area contributed by atoms with Crippen LogP contribution in [-0.2, 0) is 9.53 Å². The molecule has 0 aromatic carbocycles. The van der Waals surface area contributed by atoms with Crippen LogP contribution in [0.25, 0.3) is 0 Å². The Morgan fingerprint density at radius 1 is 1.41 bits per heavy atom. The molecule has 1 saturated heterocycles. The van der Waals surface area contributed by atoms with E-state index in [9.17, 15) is 9.59 Å². The Morgan fingerprint density at radius 3 is 2.59 bits per heavy atom. The molecular formula is C11H21N3O3. The Hall–Kier alpha value is -1.30. The molecular weight excluding hydrogens is 222 g/mol. The number of carbonyl (C=O) groups excluding carboxylic acids is 2. The van der Waals surface area contributed by atoms with E-state index in [1.807, 2.05) is 20.8 Å². The molecule has 6 nitrogen and oxygen atoms in total. The van der Waals surface area contributed by atoms with E-state index in [0.29, 0.717) is 19.6 Å². The fourth-order valence-corrected chi connectivity index (χ4v) is 1.64. The van der Waals surface area contributed by atoms with Gasteiger partial charge in [0.05, 0.1) is 0 Å². The predicted octanol–water partition coefficient (Wildman–Crippen LogP) is -0.0587. The van der Waals surface area contributed by atoms with E-state index >= 15 is 0 Å². The van der Waals surface area contributed by atoms with Crippen molar-refractivity contribution in [2.24, 2.45) is 0 Å². The summed E-state index contributed by atoms with van der Waals surface area (Å²) in [4.78, 5) is 25.1. The SMILES string of the molecule is CNC(=O)[C@@H]1CNCCN1C(=O)OC(C)(C)C. The maximum Gasteiger partial charge on any atom is 0.411 e. The topological polar surface area (TPSA) is 70.7 Å². The van der Waals surface area contributed by atoms with E-state index < -0.39 is 17.7 Å². The van der Waals surface area contributed by atoms with Crippen LogP contribution in [0.5, 0.6) is 0 Å². The van der Waals surface area contributed by atoms with E-state index in [1.165, 1.54) is 4.90 Å². The van der Waals surface area contributed by atoms with Crippen molar-refractivity contribution >= 4 is 12.0 Å². The lowest BCUT2D eigenvalue weighted by molar-refractivity contribution is -0.126. The second-order valence-electron chi connectivity index (χ2n) is 5.01. The lowest BCUT2D eigenvalue weighted by Crippen LogP contribution is -2.59. The van der Waals surface area contributed by atoms with Gasteiger partial charge in [-0.15, -0.1) is 0 Å². The molecule has 0 aliphatic carbocycles. The number of ether oxygens (including phenoxy) is 1. The lowest BCUT2D eigenvalue weighted by Gasteiger charge is -2.35. The van der Waals surface area contributed by atoms with Crippen molar-refractivity contribution in [1.29, 1.82) is 0 Å². The summed E-state index contributed by atoms with van der Waals surface area (Å²) in [6.45, 7) is 7.03. The third-order valence-corrected chi connectivity index (χ3v) is 2.42. The quantitative estimate of drug-likeness (QED) is 0.677. The number of amides is 2. The molecule has 1 aliphatic heterocycles. The van der Waals surface area contributed by atoms with Crippen molar-refractivity contribution in [3.63, 3.8) is 0 Å². The van der Waals surface area contributed by atoms with Gasteiger partial charge < -0.3 is 15.4 Å². The molecule has 0 saturated carbocycles. The summed E-state index contributed by atoms with van der Waals surface area (Å²) in [7, 11) is 1.56. The van der Waals surface area contributed by atoms with Crippen LogP contribution in [0.1, 0.15) is 20.8 Å². The van der Waals surface area contributed by atoms with Gasteiger partial charge in [-0.1, -0.05) is 0 Å². The van der Waals surface area contributed by atoms with Gasteiger partial charge in [0, 0.05) is 26.7 Å². The fraction of sp³-hybridized carbons (Fsp3) is 0.818. The first-order valence-corrected chi connectivity index (χ1v) is 5.77. The van der Waals surface area contributed by atoms with Gasteiger partial charge in [-0.05, 0) is 20.8 Å². The van der Waals surface area contributed by atoms with E-state index in [-0.39, 0.29) is 5.91 Å². The Balaban J connectivity index is 2.71. The first-order chi connectivity index (χ1) is 7.85. The molecule has 98 valence electrons. The van der Waals surface area contributed by atoms with Crippen LogP contribution in [-0.4, -0.2) is 55.2 Å². The van der Waals surface area contributed by atoms with Gasteiger partial charge in [-0.3, -0.25) is 9.69 Å². The standard InChI is InChI=1S/C11H21N3O3/c1-11(2,3)17-10(16)14-6-5-13-7-8(14)9(15)12-4/h8,13H,5-7H2,1-4H3,(H,12,15)/t8-/m0/s1. The van der Waals surface area contributed by atoms with Crippen molar-refractivity contribution in [2.45, 2.75) is 32.4 Å². The summed E-state index contributed by atoms with van der Waals surface area (Å²) >= 11 is 0. The number of nitrogens with zero attached hydrogens (tertiary/aromatic N) is 1. The van der Waals surface area contributed by atoms with E-state index in [2.05, 4.69) is 10.6 Å². The number of nitrogens with one attached hydrogen (secondary N) is 2. The minimum atomic E-state index is -0.546. The maximum absolute atomic E-state index is 11.9. The molecule has 6 heteroatoms. The summed E-state index contributed by atoms with van der Waals surface area (Å²) < 4.78 is 5.28. The number of hydrogen-bond acceptors (Lipinski definition) is 4. The maximum atomic E-state index is 11.9. The molecule has 0 unspecified atom stereocenters. The number of carbonyl (C=O) groups is 2. The number of piperazine rings is 1. The molecule has 2 N–H and O–H groups in total. The molecule has 1 aliphatic rings. The van der Waals surface area contributed by atoms with Crippen LogP contribution in [0.2, 0.25) is 0 Å². The monoisotopic (exact) mass is 243 g/mol. The van der Waals surface area contributed by atoms with Gasteiger partial charge in [0.2, 0.25) is 5.91 Å². The first kappa shape index (κ1) is 13.8. The summed E-state index contributed by atoms with van der Waals surface area (Å²) in [5.41, 5.74) is -0.546. The number of likely N-dealkylation sites (N-methyl/N-ethyl adjacent to an activating group) is 1. The molecule has 1 atom stereocenters. The molecule has 0 bridgehead atoms.